The lowest BCUT2D eigenvalue weighted by atomic mass is 9.87. The number of allylic oxidation sites excluding steroid dienone is 1. The number of hydrogen-bond acceptors (Lipinski definition) is 9. The van der Waals surface area contributed by atoms with E-state index in [0.717, 1.165) is 0 Å². The SMILES string of the molecule is COc1cc(OC)c(-c2noc3c2C(=O)C=C(C)C3(OC)OC)c(C2OCCO2)c1. The molecule has 2 heterocycles. The summed E-state index contributed by atoms with van der Waals surface area (Å²) in [6.45, 7) is 2.62. The smallest absolute Gasteiger partial charge is 0.255 e. The number of aromatic nitrogens is 1. The molecular weight excluding hydrogens is 394 g/mol. The lowest BCUT2D eigenvalue weighted by molar-refractivity contribution is -0.200. The summed E-state index contributed by atoms with van der Waals surface area (Å²) in [7, 11) is 6.02. The van der Waals surface area contributed by atoms with Crippen LogP contribution in [-0.4, -0.2) is 52.6 Å². The minimum atomic E-state index is -1.35. The van der Waals surface area contributed by atoms with Gasteiger partial charge in [0.05, 0.1) is 38.6 Å². The third-order valence-electron chi connectivity index (χ3n) is 5.35. The molecule has 9 nitrogen and oxygen atoms in total. The fourth-order valence-electron chi connectivity index (χ4n) is 3.91. The van der Waals surface area contributed by atoms with Gasteiger partial charge < -0.3 is 32.9 Å². The monoisotopic (exact) mass is 417 g/mol. The summed E-state index contributed by atoms with van der Waals surface area (Å²) in [6.07, 6.45) is 0.788. The summed E-state index contributed by atoms with van der Waals surface area (Å²) in [5.74, 6) is -0.481. The number of methoxy groups -OCH3 is 4. The highest BCUT2D eigenvalue weighted by Gasteiger charge is 2.48. The van der Waals surface area contributed by atoms with Crippen LogP contribution in [0.15, 0.2) is 28.3 Å². The van der Waals surface area contributed by atoms with Crippen LogP contribution in [0.1, 0.15) is 34.9 Å². The molecule has 9 heteroatoms. The van der Waals surface area contributed by atoms with Gasteiger partial charge in [-0.15, -0.1) is 0 Å². The number of carbonyl (C=O) groups excluding carboxylic acids is 1. The Labute approximate surface area is 173 Å². The first-order valence-electron chi connectivity index (χ1n) is 9.33. The fraction of sp³-hybridized carbons (Fsp3) is 0.429. The molecule has 1 fully saturated rings. The van der Waals surface area contributed by atoms with E-state index in [1.165, 1.54) is 27.4 Å². The number of benzene rings is 1. The first kappa shape index (κ1) is 20.5. The van der Waals surface area contributed by atoms with E-state index >= 15 is 0 Å². The molecule has 0 spiro atoms. The number of hydrogen-bond donors (Lipinski definition) is 0. The standard InChI is InChI=1S/C21H23NO8/c1-11-8-14(23)17-18(22-30-19(17)21(11,26-4)27-5)16-13(20-28-6-7-29-20)9-12(24-2)10-15(16)25-3/h8-10,20H,6-7H2,1-5H3. The molecule has 2 aliphatic rings. The van der Waals surface area contributed by atoms with Gasteiger partial charge in [-0.05, 0) is 24.6 Å². The van der Waals surface area contributed by atoms with E-state index in [-0.39, 0.29) is 22.8 Å². The average molecular weight is 417 g/mol. The minimum absolute atomic E-state index is 0.171. The largest absolute Gasteiger partial charge is 0.497 e. The van der Waals surface area contributed by atoms with Gasteiger partial charge in [0.25, 0.3) is 5.79 Å². The Balaban J connectivity index is 1.99. The van der Waals surface area contributed by atoms with Gasteiger partial charge in [0.15, 0.2) is 12.1 Å². The topological polar surface area (TPSA) is 98.5 Å². The van der Waals surface area contributed by atoms with Crippen molar-refractivity contribution in [2.24, 2.45) is 0 Å². The molecule has 1 saturated heterocycles. The highest BCUT2D eigenvalue weighted by Crippen LogP contribution is 2.47. The zero-order chi connectivity index (χ0) is 21.5. The normalized spacial score (nSPS) is 18.3. The molecule has 1 aromatic carbocycles. The summed E-state index contributed by atoms with van der Waals surface area (Å²) in [5.41, 5.74) is 2.19. The van der Waals surface area contributed by atoms with Crippen molar-refractivity contribution in [2.75, 3.05) is 41.7 Å². The molecule has 0 saturated carbocycles. The molecule has 4 rings (SSSR count). The van der Waals surface area contributed by atoms with E-state index in [1.807, 2.05) is 0 Å². The summed E-state index contributed by atoms with van der Waals surface area (Å²) in [5, 5.41) is 4.22. The van der Waals surface area contributed by atoms with Gasteiger partial charge in [-0.25, -0.2) is 0 Å². The number of carbonyl (C=O) groups is 1. The Kier molecular flexibility index (Phi) is 5.37. The second-order valence-electron chi connectivity index (χ2n) is 6.82. The number of ether oxygens (including phenoxy) is 6. The Morgan fingerprint density at radius 3 is 2.33 bits per heavy atom. The van der Waals surface area contributed by atoms with Crippen LogP contribution in [0, 0.1) is 0 Å². The molecule has 1 aromatic heterocycles. The van der Waals surface area contributed by atoms with Crippen molar-refractivity contribution >= 4 is 5.78 Å². The van der Waals surface area contributed by atoms with Gasteiger partial charge in [0, 0.05) is 25.8 Å². The van der Waals surface area contributed by atoms with E-state index in [4.69, 9.17) is 32.9 Å². The second kappa shape index (κ2) is 7.84. The number of rotatable bonds is 6. The molecule has 30 heavy (non-hydrogen) atoms. The molecule has 0 radical (unpaired) electrons. The predicted octanol–water partition coefficient (Wildman–Crippen LogP) is 2.99. The maximum absolute atomic E-state index is 13.0. The predicted molar refractivity (Wildman–Crippen MR) is 103 cm³/mol. The van der Waals surface area contributed by atoms with Crippen molar-refractivity contribution in [3.63, 3.8) is 0 Å². The van der Waals surface area contributed by atoms with Crippen LogP contribution in [0.4, 0.5) is 0 Å². The molecule has 160 valence electrons. The third-order valence-corrected chi connectivity index (χ3v) is 5.35. The summed E-state index contributed by atoms with van der Waals surface area (Å²) >= 11 is 0. The van der Waals surface area contributed by atoms with Crippen molar-refractivity contribution < 1.29 is 37.7 Å². The van der Waals surface area contributed by atoms with E-state index < -0.39 is 12.1 Å². The second-order valence-corrected chi connectivity index (χ2v) is 6.82. The van der Waals surface area contributed by atoms with Gasteiger partial charge in [-0.2, -0.15) is 0 Å². The van der Waals surface area contributed by atoms with Gasteiger partial charge in [0.1, 0.15) is 17.2 Å². The van der Waals surface area contributed by atoms with Gasteiger partial charge in [-0.3, -0.25) is 4.79 Å². The van der Waals surface area contributed by atoms with E-state index in [9.17, 15) is 4.79 Å². The maximum Gasteiger partial charge on any atom is 0.255 e. The first-order valence-corrected chi connectivity index (χ1v) is 9.33. The molecule has 1 aliphatic heterocycles. The van der Waals surface area contributed by atoms with Crippen molar-refractivity contribution in [1.82, 2.24) is 5.16 Å². The van der Waals surface area contributed by atoms with Crippen molar-refractivity contribution in [1.29, 1.82) is 0 Å². The summed E-state index contributed by atoms with van der Waals surface area (Å²) < 4.78 is 39.3. The van der Waals surface area contributed by atoms with Gasteiger partial charge >= 0.3 is 0 Å². The number of ketones is 1. The Morgan fingerprint density at radius 2 is 1.73 bits per heavy atom. The van der Waals surface area contributed by atoms with E-state index in [0.29, 0.717) is 41.4 Å². The summed E-state index contributed by atoms with van der Waals surface area (Å²) in [4.78, 5) is 13.0. The molecular formula is C21H23NO8. The molecule has 0 N–H and O–H groups in total. The van der Waals surface area contributed by atoms with Crippen LogP contribution in [0.2, 0.25) is 0 Å². The molecule has 2 aromatic rings. The molecule has 0 bridgehead atoms. The number of nitrogens with zero attached hydrogens (tertiary/aromatic N) is 1. The zero-order valence-corrected chi connectivity index (χ0v) is 17.4. The van der Waals surface area contributed by atoms with Crippen LogP contribution in [0.5, 0.6) is 11.5 Å². The Morgan fingerprint density at radius 1 is 1.03 bits per heavy atom. The van der Waals surface area contributed by atoms with Crippen molar-refractivity contribution in [2.45, 2.75) is 19.0 Å². The van der Waals surface area contributed by atoms with Crippen LogP contribution in [0.25, 0.3) is 11.3 Å². The minimum Gasteiger partial charge on any atom is -0.497 e. The maximum atomic E-state index is 13.0. The number of fused-ring (bicyclic) bond motifs is 1. The average Bonchev–Trinajstić information content (AvgIpc) is 3.44. The van der Waals surface area contributed by atoms with Crippen LogP contribution in [-0.2, 0) is 24.7 Å². The van der Waals surface area contributed by atoms with Gasteiger partial charge in [-0.1, -0.05) is 5.16 Å². The lowest BCUT2D eigenvalue weighted by Gasteiger charge is -2.31. The Hall–Kier alpha value is -2.72. The third kappa shape index (κ3) is 2.93. The molecule has 0 unspecified atom stereocenters. The van der Waals surface area contributed by atoms with Crippen LogP contribution < -0.4 is 9.47 Å². The molecule has 0 amide bonds. The summed E-state index contributed by atoms with van der Waals surface area (Å²) in [6, 6.07) is 3.46. The first-order chi connectivity index (χ1) is 14.5. The van der Waals surface area contributed by atoms with Crippen molar-refractivity contribution in [3.8, 4) is 22.8 Å². The van der Waals surface area contributed by atoms with Crippen LogP contribution in [0.3, 0.4) is 0 Å². The highest BCUT2D eigenvalue weighted by molar-refractivity contribution is 6.11. The quantitative estimate of drug-likeness (QED) is 0.657. The van der Waals surface area contributed by atoms with Gasteiger partial charge in [0.2, 0.25) is 5.76 Å². The van der Waals surface area contributed by atoms with E-state index in [1.54, 1.807) is 26.2 Å². The van der Waals surface area contributed by atoms with Crippen LogP contribution >= 0.6 is 0 Å². The zero-order valence-electron chi connectivity index (χ0n) is 17.4. The van der Waals surface area contributed by atoms with E-state index in [2.05, 4.69) is 5.16 Å². The highest BCUT2D eigenvalue weighted by atomic mass is 16.7. The fourth-order valence-corrected chi connectivity index (χ4v) is 3.91. The Bertz CT molecular complexity index is 999. The molecule has 1 aliphatic carbocycles. The lowest BCUT2D eigenvalue weighted by Crippen LogP contribution is -2.36. The van der Waals surface area contributed by atoms with Crippen molar-refractivity contribution in [3.05, 3.63) is 40.7 Å². The molecule has 0 atom stereocenters.